The van der Waals surface area contributed by atoms with Gasteiger partial charge >= 0.3 is 12.1 Å². The number of nitrogens with one attached hydrogen (secondary N) is 1. The van der Waals surface area contributed by atoms with Gasteiger partial charge in [0.1, 0.15) is 11.5 Å². The first-order valence-corrected chi connectivity index (χ1v) is 9.80. The predicted molar refractivity (Wildman–Crippen MR) is 115 cm³/mol. The Morgan fingerprint density at radius 3 is 2.16 bits per heavy atom. The fourth-order valence-corrected chi connectivity index (χ4v) is 2.70. The first-order chi connectivity index (χ1) is 15.3. The van der Waals surface area contributed by atoms with Crippen molar-refractivity contribution in [1.82, 2.24) is 5.32 Å². The third-order valence-electron chi connectivity index (χ3n) is 4.14. The minimum atomic E-state index is -4.48. The highest BCUT2D eigenvalue weighted by molar-refractivity contribution is 5.70. The van der Waals surface area contributed by atoms with Crippen molar-refractivity contribution in [1.29, 1.82) is 0 Å². The van der Waals surface area contributed by atoms with Crippen LogP contribution in [0, 0.1) is 0 Å². The van der Waals surface area contributed by atoms with E-state index in [9.17, 15) is 18.0 Å². The van der Waals surface area contributed by atoms with Gasteiger partial charge in [-0.25, -0.2) is 0 Å². The zero-order chi connectivity index (χ0) is 23.4. The molecule has 0 atom stereocenters. The predicted octanol–water partition coefficient (Wildman–Crippen LogP) is 4.89. The van der Waals surface area contributed by atoms with Crippen LogP contribution in [0.1, 0.15) is 16.7 Å². The normalized spacial score (nSPS) is 10.8. The van der Waals surface area contributed by atoms with Crippen LogP contribution in [-0.2, 0) is 23.9 Å². The zero-order valence-corrected chi connectivity index (χ0v) is 17.2. The molecule has 0 spiro atoms. The number of aliphatic hydroxyl groups is 1. The molecular formula is C24H24F3NO4. The van der Waals surface area contributed by atoms with Crippen LogP contribution >= 0.6 is 0 Å². The van der Waals surface area contributed by atoms with Crippen molar-refractivity contribution >= 4 is 5.97 Å². The van der Waals surface area contributed by atoms with Crippen LogP contribution in [0.15, 0.2) is 78.9 Å². The van der Waals surface area contributed by atoms with E-state index in [1.165, 1.54) is 12.1 Å². The first-order valence-electron chi connectivity index (χ1n) is 9.80. The molecule has 0 aliphatic rings. The molecule has 0 unspecified atom stereocenters. The number of benzene rings is 3. The first kappa shape index (κ1) is 24.9. The van der Waals surface area contributed by atoms with Crippen molar-refractivity contribution in [2.75, 3.05) is 13.2 Å². The lowest BCUT2D eigenvalue weighted by atomic mass is 10.1. The van der Waals surface area contributed by atoms with Crippen LogP contribution in [0.25, 0.3) is 0 Å². The Bertz CT molecular complexity index is 952. The van der Waals surface area contributed by atoms with Gasteiger partial charge in [-0.15, -0.1) is 0 Å². The molecule has 0 aliphatic heterocycles. The lowest BCUT2D eigenvalue weighted by molar-refractivity contribution is -0.138. The van der Waals surface area contributed by atoms with Gasteiger partial charge in [-0.3, -0.25) is 4.79 Å². The summed E-state index contributed by atoms with van der Waals surface area (Å²) >= 11 is 0. The van der Waals surface area contributed by atoms with E-state index in [-0.39, 0.29) is 37.4 Å². The fourth-order valence-electron chi connectivity index (χ4n) is 2.70. The van der Waals surface area contributed by atoms with Crippen LogP contribution < -0.4 is 10.1 Å². The average Bonchev–Trinajstić information content (AvgIpc) is 2.76. The van der Waals surface area contributed by atoms with E-state index in [2.05, 4.69) is 5.32 Å². The number of alkyl halides is 3. The van der Waals surface area contributed by atoms with Gasteiger partial charge in [0.25, 0.3) is 0 Å². The SMILES string of the molecule is O=C(O)Cc1cccc(Oc2ccc(C(F)(F)F)cc2CNCCO)c1.c1ccccc1. The second-order valence-electron chi connectivity index (χ2n) is 6.70. The number of hydrogen-bond acceptors (Lipinski definition) is 4. The van der Waals surface area contributed by atoms with Crippen molar-refractivity contribution in [3.8, 4) is 11.5 Å². The molecule has 0 fully saturated rings. The Labute approximate surface area is 184 Å². The molecule has 3 rings (SSSR count). The second kappa shape index (κ2) is 12.5. The lowest BCUT2D eigenvalue weighted by Crippen LogP contribution is -2.18. The van der Waals surface area contributed by atoms with Crippen LogP contribution in [-0.4, -0.2) is 29.3 Å². The highest BCUT2D eigenvalue weighted by Gasteiger charge is 2.31. The third-order valence-corrected chi connectivity index (χ3v) is 4.14. The zero-order valence-electron chi connectivity index (χ0n) is 17.2. The summed E-state index contributed by atoms with van der Waals surface area (Å²) in [5.74, 6) is -0.451. The number of carbonyl (C=O) groups is 1. The minimum absolute atomic E-state index is 0.0780. The Morgan fingerprint density at radius 1 is 0.938 bits per heavy atom. The molecule has 8 heteroatoms. The molecule has 0 radical (unpaired) electrons. The summed E-state index contributed by atoms with van der Waals surface area (Å²) in [6.45, 7) is 0.158. The summed E-state index contributed by atoms with van der Waals surface area (Å²) in [5.41, 5.74) is -0.0101. The molecule has 0 bridgehead atoms. The molecule has 0 saturated carbocycles. The number of aliphatic carboxylic acids is 1. The molecular weight excluding hydrogens is 423 g/mol. The fraction of sp³-hybridized carbons (Fsp3) is 0.208. The molecule has 0 saturated heterocycles. The van der Waals surface area contributed by atoms with E-state index < -0.39 is 17.7 Å². The quantitative estimate of drug-likeness (QED) is 0.429. The van der Waals surface area contributed by atoms with Gasteiger partial charge in [-0.05, 0) is 35.9 Å². The van der Waals surface area contributed by atoms with E-state index in [1.807, 2.05) is 36.4 Å². The monoisotopic (exact) mass is 447 g/mol. The Balaban J connectivity index is 0.000000520. The van der Waals surface area contributed by atoms with E-state index in [0.717, 1.165) is 12.1 Å². The largest absolute Gasteiger partial charge is 0.481 e. The second-order valence-corrected chi connectivity index (χ2v) is 6.70. The number of halogens is 3. The molecule has 0 aromatic heterocycles. The maximum atomic E-state index is 12.9. The van der Waals surface area contributed by atoms with Gasteiger partial charge < -0.3 is 20.3 Å². The van der Waals surface area contributed by atoms with Crippen LogP contribution in [0.2, 0.25) is 0 Å². The number of aliphatic hydroxyl groups excluding tert-OH is 1. The summed E-state index contributed by atoms with van der Waals surface area (Å²) in [6, 6.07) is 21.5. The summed E-state index contributed by atoms with van der Waals surface area (Å²) < 4.78 is 44.5. The average molecular weight is 447 g/mol. The maximum Gasteiger partial charge on any atom is 0.416 e. The number of carboxylic acids is 1. The Kier molecular flexibility index (Phi) is 9.72. The summed E-state index contributed by atoms with van der Waals surface area (Å²) in [7, 11) is 0. The highest BCUT2D eigenvalue weighted by atomic mass is 19.4. The number of hydrogen-bond donors (Lipinski definition) is 3. The van der Waals surface area contributed by atoms with Gasteiger partial charge in [0.2, 0.25) is 0 Å². The van der Waals surface area contributed by atoms with E-state index in [1.54, 1.807) is 18.2 Å². The maximum absolute atomic E-state index is 12.9. The number of carboxylic acid groups (broad SMARTS) is 1. The van der Waals surface area contributed by atoms with E-state index in [4.69, 9.17) is 14.9 Å². The molecule has 3 N–H and O–H groups in total. The van der Waals surface area contributed by atoms with Crippen molar-refractivity contribution in [2.45, 2.75) is 19.1 Å². The Morgan fingerprint density at radius 2 is 1.59 bits per heavy atom. The van der Waals surface area contributed by atoms with Gasteiger partial charge in [-0.2, -0.15) is 13.2 Å². The van der Waals surface area contributed by atoms with Crippen LogP contribution in [0.4, 0.5) is 13.2 Å². The number of ether oxygens (including phenoxy) is 1. The molecule has 0 heterocycles. The van der Waals surface area contributed by atoms with Crippen LogP contribution in [0.5, 0.6) is 11.5 Å². The van der Waals surface area contributed by atoms with Crippen molar-refractivity contribution in [2.24, 2.45) is 0 Å². The molecule has 170 valence electrons. The highest BCUT2D eigenvalue weighted by Crippen LogP contribution is 2.34. The molecule has 5 nitrogen and oxygen atoms in total. The summed E-state index contributed by atoms with van der Waals surface area (Å²) in [6.07, 6.45) is -4.67. The molecule has 0 aliphatic carbocycles. The van der Waals surface area contributed by atoms with E-state index in [0.29, 0.717) is 11.3 Å². The van der Waals surface area contributed by atoms with Crippen molar-refractivity contribution in [3.63, 3.8) is 0 Å². The summed E-state index contributed by atoms with van der Waals surface area (Å²) in [4.78, 5) is 10.8. The van der Waals surface area contributed by atoms with Gasteiger partial charge in [0.05, 0.1) is 18.6 Å². The molecule has 32 heavy (non-hydrogen) atoms. The lowest BCUT2D eigenvalue weighted by Gasteiger charge is -2.15. The topological polar surface area (TPSA) is 78.8 Å². The number of rotatable bonds is 8. The van der Waals surface area contributed by atoms with Crippen molar-refractivity contribution < 1.29 is 32.9 Å². The standard InChI is InChI=1S/C18H18F3NO4.C6H6/c19-18(20,21)14-4-5-16(13(10-14)11-22-6-7-23)26-15-3-1-2-12(8-15)9-17(24)25;1-2-4-6-5-3-1/h1-5,8,10,22-23H,6-7,9,11H2,(H,24,25);1-6H. The van der Waals surface area contributed by atoms with E-state index >= 15 is 0 Å². The third kappa shape index (κ3) is 8.79. The van der Waals surface area contributed by atoms with Gasteiger partial charge in [0.15, 0.2) is 0 Å². The molecule has 0 amide bonds. The smallest absolute Gasteiger partial charge is 0.416 e. The molecule has 3 aromatic rings. The van der Waals surface area contributed by atoms with Gasteiger partial charge in [-0.1, -0.05) is 48.5 Å². The molecule has 3 aromatic carbocycles. The van der Waals surface area contributed by atoms with Gasteiger partial charge in [0, 0.05) is 18.7 Å². The summed E-state index contributed by atoms with van der Waals surface area (Å²) in [5, 5.41) is 20.5. The Hall–Kier alpha value is -3.36. The minimum Gasteiger partial charge on any atom is -0.481 e. The van der Waals surface area contributed by atoms with Crippen LogP contribution in [0.3, 0.4) is 0 Å². The van der Waals surface area contributed by atoms with Crippen molar-refractivity contribution in [3.05, 3.63) is 95.6 Å².